The van der Waals surface area contributed by atoms with Gasteiger partial charge in [0.25, 0.3) is 0 Å². The molecule has 3 heteroatoms. The summed E-state index contributed by atoms with van der Waals surface area (Å²) < 4.78 is 5.36. The van der Waals surface area contributed by atoms with Gasteiger partial charge < -0.3 is 10.1 Å². The lowest BCUT2D eigenvalue weighted by atomic mass is 10.1. The van der Waals surface area contributed by atoms with Crippen LogP contribution in [0.5, 0.6) is 0 Å². The standard InChI is InChI=1S/C12H26N2O/c1-4-12(5-2)13-10-11(3)14-6-8-15-9-7-14/h11-13H,4-10H2,1-3H3. The first kappa shape index (κ1) is 12.9. The Morgan fingerprint density at radius 3 is 2.33 bits per heavy atom. The Kier molecular flexibility index (Phi) is 6.22. The molecule has 1 heterocycles. The molecule has 1 N–H and O–H groups in total. The second kappa shape index (κ2) is 7.20. The zero-order valence-electron chi connectivity index (χ0n) is 10.5. The van der Waals surface area contributed by atoms with Crippen LogP contribution in [-0.4, -0.2) is 49.8 Å². The molecule has 0 aliphatic carbocycles. The topological polar surface area (TPSA) is 24.5 Å². The number of nitrogens with one attached hydrogen (secondary N) is 1. The lowest BCUT2D eigenvalue weighted by Crippen LogP contribution is -2.47. The van der Waals surface area contributed by atoms with Gasteiger partial charge in [0.05, 0.1) is 13.2 Å². The molecule has 1 saturated heterocycles. The van der Waals surface area contributed by atoms with Crippen LogP contribution >= 0.6 is 0 Å². The third-order valence-electron chi connectivity index (χ3n) is 3.36. The van der Waals surface area contributed by atoms with Crippen LogP contribution in [0.15, 0.2) is 0 Å². The lowest BCUT2D eigenvalue weighted by Gasteiger charge is -2.33. The van der Waals surface area contributed by atoms with Gasteiger partial charge in [0.1, 0.15) is 0 Å². The number of hydrogen-bond acceptors (Lipinski definition) is 3. The number of hydrogen-bond donors (Lipinski definition) is 1. The highest BCUT2D eigenvalue weighted by Gasteiger charge is 2.17. The van der Waals surface area contributed by atoms with Gasteiger partial charge in [-0.1, -0.05) is 13.8 Å². The zero-order valence-corrected chi connectivity index (χ0v) is 10.5. The summed E-state index contributed by atoms with van der Waals surface area (Å²) in [6, 6.07) is 1.32. The Morgan fingerprint density at radius 1 is 1.20 bits per heavy atom. The van der Waals surface area contributed by atoms with E-state index in [9.17, 15) is 0 Å². The molecule has 15 heavy (non-hydrogen) atoms. The third-order valence-corrected chi connectivity index (χ3v) is 3.36. The Hall–Kier alpha value is -0.120. The molecule has 0 aromatic carbocycles. The molecule has 1 unspecified atom stereocenters. The Bertz CT molecular complexity index is 154. The molecule has 0 spiro atoms. The molecule has 0 bridgehead atoms. The summed E-state index contributed by atoms with van der Waals surface area (Å²) in [5.74, 6) is 0. The average Bonchev–Trinajstić information content (AvgIpc) is 2.31. The Labute approximate surface area is 94.2 Å². The van der Waals surface area contributed by atoms with Crippen molar-refractivity contribution in [2.75, 3.05) is 32.8 Å². The van der Waals surface area contributed by atoms with E-state index >= 15 is 0 Å². The quantitative estimate of drug-likeness (QED) is 0.725. The highest BCUT2D eigenvalue weighted by molar-refractivity contribution is 4.74. The van der Waals surface area contributed by atoms with E-state index in [0.29, 0.717) is 12.1 Å². The maximum absolute atomic E-state index is 5.36. The van der Waals surface area contributed by atoms with Crippen molar-refractivity contribution in [1.29, 1.82) is 0 Å². The number of nitrogens with zero attached hydrogens (tertiary/aromatic N) is 1. The van der Waals surface area contributed by atoms with Crippen molar-refractivity contribution in [3.8, 4) is 0 Å². The van der Waals surface area contributed by atoms with Crippen LogP contribution in [0, 0.1) is 0 Å². The smallest absolute Gasteiger partial charge is 0.0594 e. The molecule has 0 saturated carbocycles. The molecule has 0 aromatic heterocycles. The van der Waals surface area contributed by atoms with Crippen LogP contribution < -0.4 is 5.32 Å². The van der Waals surface area contributed by atoms with E-state index in [-0.39, 0.29) is 0 Å². The Balaban J connectivity index is 2.18. The molecule has 1 atom stereocenters. The second-order valence-corrected chi connectivity index (χ2v) is 4.42. The SMILES string of the molecule is CCC(CC)NCC(C)N1CCOCC1. The summed E-state index contributed by atoms with van der Waals surface area (Å²) in [6.07, 6.45) is 2.46. The first-order valence-electron chi connectivity index (χ1n) is 6.33. The minimum atomic E-state index is 0.634. The largest absolute Gasteiger partial charge is 0.379 e. The van der Waals surface area contributed by atoms with E-state index in [1.165, 1.54) is 12.8 Å². The van der Waals surface area contributed by atoms with Crippen LogP contribution in [-0.2, 0) is 4.74 Å². The van der Waals surface area contributed by atoms with Crippen LogP contribution in [0.2, 0.25) is 0 Å². The fourth-order valence-corrected chi connectivity index (χ4v) is 2.06. The van der Waals surface area contributed by atoms with Crippen molar-refractivity contribution in [2.24, 2.45) is 0 Å². The third kappa shape index (κ3) is 4.49. The summed E-state index contributed by atoms with van der Waals surface area (Å²) in [7, 11) is 0. The van der Waals surface area contributed by atoms with Gasteiger partial charge in [-0.2, -0.15) is 0 Å². The first-order chi connectivity index (χ1) is 7.27. The van der Waals surface area contributed by atoms with E-state index in [2.05, 4.69) is 31.0 Å². The first-order valence-corrected chi connectivity index (χ1v) is 6.33. The van der Waals surface area contributed by atoms with E-state index in [0.717, 1.165) is 32.8 Å². The predicted molar refractivity (Wildman–Crippen MR) is 64.2 cm³/mol. The summed E-state index contributed by atoms with van der Waals surface area (Å²) in [5, 5.41) is 3.63. The maximum atomic E-state index is 5.36. The summed E-state index contributed by atoms with van der Waals surface area (Å²) in [5.41, 5.74) is 0. The Morgan fingerprint density at radius 2 is 1.80 bits per heavy atom. The van der Waals surface area contributed by atoms with Crippen LogP contribution in [0.1, 0.15) is 33.6 Å². The maximum Gasteiger partial charge on any atom is 0.0594 e. The van der Waals surface area contributed by atoms with E-state index in [4.69, 9.17) is 4.74 Å². The molecule has 0 radical (unpaired) electrons. The fourth-order valence-electron chi connectivity index (χ4n) is 2.06. The number of ether oxygens (including phenoxy) is 1. The number of morpholine rings is 1. The molecule has 1 aliphatic heterocycles. The molecule has 1 aliphatic rings. The molecule has 3 nitrogen and oxygen atoms in total. The molecule has 90 valence electrons. The second-order valence-electron chi connectivity index (χ2n) is 4.42. The normalized spacial score (nSPS) is 20.8. The monoisotopic (exact) mass is 214 g/mol. The van der Waals surface area contributed by atoms with E-state index in [1.54, 1.807) is 0 Å². The minimum Gasteiger partial charge on any atom is -0.379 e. The highest BCUT2D eigenvalue weighted by atomic mass is 16.5. The molecular formula is C12H26N2O. The van der Waals surface area contributed by atoms with Gasteiger partial charge in [-0.05, 0) is 19.8 Å². The fraction of sp³-hybridized carbons (Fsp3) is 1.00. The number of rotatable bonds is 6. The van der Waals surface area contributed by atoms with Crippen molar-refractivity contribution < 1.29 is 4.74 Å². The molecule has 1 rings (SSSR count). The van der Waals surface area contributed by atoms with Crippen molar-refractivity contribution in [3.05, 3.63) is 0 Å². The van der Waals surface area contributed by atoms with Gasteiger partial charge in [0.2, 0.25) is 0 Å². The van der Waals surface area contributed by atoms with Gasteiger partial charge in [-0.15, -0.1) is 0 Å². The minimum absolute atomic E-state index is 0.634. The van der Waals surface area contributed by atoms with Crippen molar-refractivity contribution in [2.45, 2.75) is 45.7 Å². The van der Waals surface area contributed by atoms with Crippen LogP contribution in [0.3, 0.4) is 0 Å². The highest BCUT2D eigenvalue weighted by Crippen LogP contribution is 2.04. The molecule has 1 fully saturated rings. The van der Waals surface area contributed by atoms with Crippen molar-refractivity contribution >= 4 is 0 Å². The van der Waals surface area contributed by atoms with Crippen LogP contribution in [0.25, 0.3) is 0 Å². The predicted octanol–water partition coefficient (Wildman–Crippen LogP) is 1.49. The van der Waals surface area contributed by atoms with Gasteiger partial charge in [-0.3, -0.25) is 4.90 Å². The molecule has 0 amide bonds. The van der Waals surface area contributed by atoms with Crippen molar-refractivity contribution in [1.82, 2.24) is 10.2 Å². The van der Waals surface area contributed by atoms with E-state index < -0.39 is 0 Å². The van der Waals surface area contributed by atoms with Crippen molar-refractivity contribution in [3.63, 3.8) is 0 Å². The zero-order chi connectivity index (χ0) is 11.1. The lowest BCUT2D eigenvalue weighted by molar-refractivity contribution is 0.0199. The summed E-state index contributed by atoms with van der Waals surface area (Å²) in [6.45, 7) is 11.9. The van der Waals surface area contributed by atoms with Gasteiger partial charge in [-0.25, -0.2) is 0 Å². The average molecular weight is 214 g/mol. The summed E-state index contributed by atoms with van der Waals surface area (Å²) >= 11 is 0. The van der Waals surface area contributed by atoms with Gasteiger partial charge in [0.15, 0.2) is 0 Å². The van der Waals surface area contributed by atoms with Gasteiger partial charge in [0, 0.05) is 31.7 Å². The molecular weight excluding hydrogens is 188 g/mol. The molecule has 0 aromatic rings. The van der Waals surface area contributed by atoms with E-state index in [1.807, 2.05) is 0 Å². The van der Waals surface area contributed by atoms with Gasteiger partial charge >= 0.3 is 0 Å². The van der Waals surface area contributed by atoms with Crippen LogP contribution in [0.4, 0.5) is 0 Å². The summed E-state index contributed by atoms with van der Waals surface area (Å²) in [4.78, 5) is 2.51.